The van der Waals surface area contributed by atoms with Gasteiger partial charge >= 0.3 is 0 Å². The molecule has 1 unspecified atom stereocenters. The second-order valence-corrected chi connectivity index (χ2v) is 7.34. The lowest BCUT2D eigenvalue weighted by atomic mass is 9.87. The van der Waals surface area contributed by atoms with Gasteiger partial charge in [-0.25, -0.2) is 4.68 Å². The van der Waals surface area contributed by atoms with Crippen molar-refractivity contribution in [3.63, 3.8) is 0 Å². The van der Waals surface area contributed by atoms with E-state index in [4.69, 9.17) is 11.6 Å². The summed E-state index contributed by atoms with van der Waals surface area (Å²) >= 11 is 6.20. The van der Waals surface area contributed by atoms with Gasteiger partial charge in [0.25, 0.3) is 5.91 Å². The van der Waals surface area contributed by atoms with E-state index in [2.05, 4.69) is 10.4 Å². The zero-order valence-corrected chi connectivity index (χ0v) is 15.3. The lowest BCUT2D eigenvalue weighted by Crippen LogP contribution is -2.35. The molecule has 0 fully saturated rings. The molecule has 0 saturated carbocycles. The summed E-state index contributed by atoms with van der Waals surface area (Å²) in [5.41, 5.74) is 1.73. The molecule has 1 amide bonds. The molecule has 0 aliphatic carbocycles. The number of aryl methyl sites for hydroxylation is 1. The first-order chi connectivity index (χ1) is 11.2. The fraction of sp³-hybridized carbons (Fsp3) is 0.444. The summed E-state index contributed by atoms with van der Waals surface area (Å²) < 4.78 is 1.66. The number of rotatable bonds is 6. The Morgan fingerprint density at radius 1 is 1.42 bits per heavy atom. The van der Waals surface area contributed by atoms with E-state index in [1.54, 1.807) is 23.7 Å². The SMILES string of the molecule is Cc1cc(C(=O)NCC(C)(C)CC(C)O)nn1-c1ccccc1Cl. The first-order valence-electron chi connectivity index (χ1n) is 7.97. The largest absolute Gasteiger partial charge is 0.393 e. The number of para-hydroxylation sites is 1. The molecule has 0 radical (unpaired) electrons. The lowest BCUT2D eigenvalue weighted by molar-refractivity contribution is 0.0897. The highest BCUT2D eigenvalue weighted by atomic mass is 35.5. The van der Waals surface area contributed by atoms with Crippen LogP contribution >= 0.6 is 11.6 Å². The third kappa shape index (κ3) is 4.58. The van der Waals surface area contributed by atoms with Gasteiger partial charge in [0, 0.05) is 12.2 Å². The quantitative estimate of drug-likeness (QED) is 0.840. The maximum Gasteiger partial charge on any atom is 0.271 e. The van der Waals surface area contributed by atoms with Crippen molar-refractivity contribution in [1.29, 1.82) is 0 Å². The molecule has 130 valence electrons. The van der Waals surface area contributed by atoms with Crippen LogP contribution in [0.4, 0.5) is 0 Å². The number of aliphatic hydroxyl groups is 1. The van der Waals surface area contributed by atoms with E-state index in [1.165, 1.54) is 0 Å². The van der Waals surface area contributed by atoms with Gasteiger partial charge in [-0.2, -0.15) is 5.10 Å². The van der Waals surface area contributed by atoms with Crippen LogP contribution in [0.15, 0.2) is 30.3 Å². The van der Waals surface area contributed by atoms with Crippen molar-refractivity contribution in [2.75, 3.05) is 6.54 Å². The Hall–Kier alpha value is -1.85. The zero-order chi connectivity index (χ0) is 17.9. The van der Waals surface area contributed by atoms with Gasteiger partial charge in [-0.3, -0.25) is 4.79 Å². The van der Waals surface area contributed by atoms with Crippen LogP contribution in [-0.2, 0) is 0 Å². The van der Waals surface area contributed by atoms with Gasteiger partial charge in [-0.15, -0.1) is 0 Å². The molecule has 1 aromatic carbocycles. The third-order valence-electron chi connectivity index (χ3n) is 3.78. The Bertz CT molecular complexity index is 723. The van der Waals surface area contributed by atoms with Crippen LogP contribution in [-0.4, -0.2) is 33.4 Å². The molecular weight excluding hydrogens is 326 g/mol. The van der Waals surface area contributed by atoms with Gasteiger partial charge in [0.2, 0.25) is 0 Å². The molecule has 2 N–H and O–H groups in total. The molecule has 6 heteroatoms. The minimum absolute atomic E-state index is 0.190. The average Bonchev–Trinajstić information content (AvgIpc) is 2.86. The minimum Gasteiger partial charge on any atom is -0.393 e. The maximum absolute atomic E-state index is 12.4. The molecule has 2 rings (SSSR count). The highest BCUT2D eigenvalue weighted by molar-refractivity contribution is 6.32. The first kappa shape index (κ1) is 18.5. The summed E-state index contributed by atoms with van der Waals surface area (Å²) in [5.74, 6) is -0.234. The van der Waals surface area contributed by atoms with Gasteiger partial charge in [0.1, 0.15) is 0 Å². The number of aliphatic hydroxyl groups excluding tert-OH is 1. The number of amides is 1. The Balaban J connectivity index is 2.12. The molecule has 0 spiro atoms. The van der Waals surface area contributed by atoms with E-state index >= 15 is 0 Å². The normalized spacial score (nSPS) is 12.9. The molecule has 0 aliphatic rings. The van der Waals surface area contributed by atoms with Crippen LogP contribution in [0, 0.1) is 12.3 Å². The van der Waals surface area contributed by atoms with Crippen molar-refractivity contribution in [2.45, 2.75) is 40.2 Å². The first-order valence-corrected chi connectivity index (χ1v) is 8.35. The van der Waals surface area contributed by atoms with Gasteiger partial charge in [-0.05, 0) is 43.9 Å². The van der Waals surface area contributed by atoms with E-state index in [1.807, 2.05) is 39.0 Å². The van der Waals surface area contributed by atoms with E-state index in [0.717, 1.165) is 11.4 Å². The van der Waals surface area contributed by atoms with Crippen LogP contribution in [0.2, 0.25) is 5.02 Å². The van der Waals surface area contributed by atoms with E-state index in [-0.39, 0.29) is 11.3 Å². The fourth-order valence-electron chi connectivity index (χ4n) is 2.73. The minimum atomic E-state index is -0.404. The Morgan fingerprint density at radius 3 is 2.71 bits per heavy atom. The zero-order valence-electron chi connectivity index (χ0n) is 14.5. The van der Waals surface area contributed by atoms with Gasteiger partial charge in [-0.1, -0.05) is 37.6 Å². The molecular formula is C18H24ClN3O2. The summed E-state index contributed by atoms with van der Waals surface area (Å²) in [6.45, 7) is 8.11. The second kappa shape index (κ2) is 7.36. The standard InChI is InChI=1S/C18H24ClN3O2/c1-12-9-15(17(24)20-11-18(3,4)10-13(2)23)21-22(12)16-8-6-5-7-14(16)19/h5-9,13,23H,10-11H2,1-4H3,(H,20,24). The van der Waals surface area contributed by atoms with Crippen molar-refractivity contribution in [3.05, 3.63) is 46.7 Å². The van der Waals surface area contributed by atoms with Gasteiger partial charge in [0.15, 0.2) is 5.69 Å². The van der Waals surface area contributed by atoms with Crippen LogP contribution in [0.1, 0.15) is 43.4 Å². The molecule has 0 bridgehead atoms. The van der Waals surface area contributed by atoms with Gasteiger partial charge < -0.3 is 10.4 Å². The highest BCUT2D eigenvalue weighted by Gasteiger charge is 2.22. The summed E-state index contributed by atoms with van der Waals surface area (Å²) in [7, 11) is 0. The summed E-state index contributed by atoms with van der Waals surface area (Å²) in [6.07, 6.45) is 0.207. The van der Waals surface area contributed by atoms with Crippen LogP contribution in [0.5, 0.6) is 0 Å². The van der Waals surface area contributed by atoms with E-state index in [9.17, 15) is 9.90 Å². The number of nitrogens with one attached hydrogen (secondary N) is 1. The Morgan fingerprint density at radius 2 is 2.08 bits per heavy atom. The van der Waals surface area contributed by atoms with Crippen LogP contribution in [0.3, 0.4) is 0 Å². The summed E-state index contributed by atoms with van der Waals surface area (Å²) in [5, 5.41) is 17.4. The number of carbonyl (C=O) groups excluding carboxylic acids is 1. The molecule has 2 aromatic rings. The Kier molecular flexibility index (Phi) is 5.67. The number of hydrogen-bond acceptors (Lipinski definition) is 3. The molecule has 1 aromatic heterocycles. The fourth-order valence-corrected chi connectivity index (χ4v) is 2.95. The number of nitrogens with zero attached hydrogens (tertiary/aromatic N) is 2. The summed E-state index contributed by atoms with van der Waals surface area (Å²) in [4.78, 5) is 12.4. The van der Waals surface area contributed by atoms with Crippen molar-refractivity contribution in [2.24, 2.45) is 5.41 Å². The van der Waals surface area contributed by atoms with E-state index in [0.29, 0.717) is 23.7 Å². The van der Waals surface area contributed by atoms with E-state index < -0.39 is 6.10 Å². The molecule has 1 heterocycles. The van der Waals surface area contributed by atoms with Crippen LogP contribution in [0.25, 0.3) is 5.69 Å². The number of carbonyl (C=O) groups is 1. The van der Waals surface area contributed by atoms with Crippen LogP contribution < -0.4 is 5.32 Å². The predicted octanol–water partition coefficient (Wildman–Crippen LogP) is 3.36. The number of benzene rings is 1. The van der Waals surface area contributed by atoms with Crippen molar-refractivity contribution in [1.82, 2.24) is 15.1 Å². The second-order valence-electron chi connectivity index (χ2n) is 6.93. The third-order valence-corrected chi connectivity index (χ3v) is 4.10. The number of hydrogen-bond donors (Lipinski definition) is 2. The lowest BCUT2D eigenvalue weighted by Gasteiger charge is -2.26. The molecule has 24 heavy (non-hydrogen) atoms. The molecule has 0 aliphatic heterocycles. The van der Waals surface area contributed by atoms with Crippen molar-refractivity contribution >= 4 is 17.5 Å². The topological polar surface area (TPSA) is 67.2 Å². The monoisotopic (exact) mass is 349 g/mol. The average molecular weight is 350 g/mol. The van der Waals surface area contributed by atoms with Crippen molar-refractivity contribution < 1.29 is 9.90 Å². The van der Waals surface area contributed by atoms with Crippen molar-refractivity contribution in [3.8, 4) is 5.69 Å². The Labute approximate surface area is 147 Å². The van der Waals surface area contributed by atoms with Gasteiger partial charge in [0.05, 0.1) is 16.8 Å². The highest BCUT2D eigenvalue weighted by Crippen LogP contribution is 2.22. The molecule has 0 saturated heterocycles. The predicted molar refractivity (Wildman–Crippen MR) is 95.7 cm³/mol. The number of aromatic nitrogens is 2. The smallest absolute Gasteiger partial charge is 0.271 e. The molecule has 5 nitrogen and oxygen atoms in total. The summed E-state index contributed by atoms with van der Waals surface area (Å²) in [6, 6.07) is 9.11. The number of halogens is 1. The maximum atomic E-state index is 12.4. The molecule has 1 atom stereocenters.